The summed E-state index contributed by atoms with van der Waals surface area (Å²) in [6.45, 7) is 3.09. The fourth-order valence-electron chi connectivity index (χ4n) is 2.57. The zero-order valence-corrected chi connectivity index (χ0v) is 11.5. The molecule has 3 N–H and O–H groups in total. The maximum atomic E-state index is 11.9. The van der Waals surface area contributed by atoms with Crippen LogP contribution in [0.4, 0.5) is 17.1 Å². The lowest BCUT2D eigenvalue weighted by Crippen LogP contribution is -2.39. The molecule has 1 fully saturated rings. The van der Waals surface area contributed by atoms with Gasteiger partial charge in [-0.05, 0) is 19.4 Å². The molecule has 1 saturated heterocycles. The molecule has 1 unspecified atom stereocenters. The Morgan fingerprint density at radius 1 is 1.50 bits per heavy atom. The molecule has 0 aliphatic carbocycles. The van der Waals surface area contributed by atoms with Crippen molar-refractivity contribution in [2.45, 2.75) is 13.3 Å². The maximum absolute atomic E-state index is 11.9. The molecule has 0 spiro atoms. The number of nitro benzene ring substituents is 1. The lowest BCUT2D eigenvalue weighted by atomic mass is 9.89. The van der Waals surface area contributed by atoms with Gasteiger partial charge in [-0.2, -0.15) is 0 Å². The Labute approximate surface area is 116 Å². The van der Waals surface area contributed by atoms with Crippen LogP contribution in [0.15, 0.2) is 18.2 Å². The number of carbonyl (C=O) groups is 1. The Morgan fingerprint density at radius 2 is 2.20 bits per heavy atom. The third kappa shape index (κ3) is 2.52. The van der Waals surface area contributed by atoms with Crippen molar-refractivity contribution in [2.75, 3.05) is 30.8 Å². The van der Waals surface area contributed by atoms with Gasteiger partial charge in [-0.3, -0.25) is 14.9 Å². The molecule has 0 saturated carbocycles. The van der Waals surface area contributed by atoms with Gasteiger partial charge >= 0.3 is 0 Å². The minimum absolute atomic E-state index is 0.0154. The minimum Gasteiger partial charge on any atom is -0.398 e. The SMILES string of the molecule is CNC(=O)C1(C)CCN(c2cc(N)cc([N+](=O)[O-])c2)C1. The van der Waals surface area contributed by atoms with Crippen LogP contribution in [0, 0.1) is 15.5 Å². The fourth-order valence-corrected chi connectivity index (χ4v) is 2.57. The highest BCUT2D eigenvalue weighted by atomic mass is 16.6. The number of hydrogen-bond donors (Lipinski definition) is 2. The Morgan fingerprint density at radius 3 is 2.80 bits per heavy atom. The quantitative estimate of drug-likeness (QED) is 0.490. The summed E-state index contributed by atoms with van der Waals surface area (Å²) in [5.41, 5.74) is 6.23. The van der Waals surface area contributed by atoms with Gasteiger partial charge in [0.15, 0.2) is 0 Å². The third-order valence-corrected chi connectivity index (χ3v) is 3.75. The number of nitrogens with zero attached hydrogens (tertiary/aromatic N) is 2. The Balaban J connectivity index is 2.26. The number of nitrogen functional groups attached to an aromatic ring is 1. The zero-order chi connectivity index (χ0) is 14.9. The molecule has 1 heterocycles. The molecule has 7 nitrogen and oxygen atoms in total. The van der Waals surface area contributed by atoms with E-state index in [9.17, 15) is 14.9 Å². The Hall–Kier alpha value is -2.31. The van der Waals surface area contributed by atoms with E-state index in [-0.39, 0.29) is 11.6 Å². The standard InChI is InChI=1S/C13H18N4O3/c1-13(12(18)15-2)3-4-16(8-13)10-5-9(14)6-11(7-10)17(19)20/h5-7H,3-4,8,14H2,1-2H3,(H,15,18). The molecule has 7 heteroatoms. The number of carbonyl (C=O) groups excluding carboxylic acids is 1. The van der Waals surface area contributed by atoms with Crippen molar-refractivity contribution in [2.24, 2.45) is 5.41 Å². The summed E-state index contributed by atoms with van der Waals surface area (Å²) in [5.74, 6) is -0.0154. The van der Waals surface area contributed by atoms with Gasteiger partial charge in [-0.25, -0.2) is 0 Å². The first-order valence-corrected chi connectivity index (χ1v) is 6.38. The number of nitrogens with two attached hydrogens (primary N) is 1. The van der Waals surface area contributed by atoms with Gasteiger partial charge in [0.2, 0.25) is 5.91 Å². The summed E-state index contributed by atoms with van der Waals surface area (Å²) < 4.78 is 0. The van der Waals surface area contributed by atoms with Crippen molar-refractivity contribution in [3.05, 3.63) is 28.3 Å². The van der Waals surface area contributed by atoms with Crippen LogP contribution in [0.3, 0.4) is 0 Å². The monoisotopic (exact) mass is 278 g/mol. The molecular formula is C13H18N4O3. The lowest BCUT2D eigenvalue weighted by Gasteiger charge is -2.24. The number of hydrogen-bond acceptors (Lipinski definition) is 5. The van der Waals surface area contributed by atoms with Crippen LogP contribution in [0.1, 0.15) is 13.3 Å². The molecule has 108 valence electrons. The van der Waals surface area contributed by atoms with Crippen molar-refractivity contribution in [3.8, 4) is 0 Å². The predicted molar refractivity (Wildman–Crippen MR) is 76.5 cm³/mol. The van der Waals surface area contributed by atoms with E-state index in [1.165, 1.54) is 12.1 Å². The fraction of sp³-hybridized carbons (Fsp3) is 0.462. The van der Waals surface area contributed by atoms with E-state index < -0.39 is 10.3 Å². The van der Waals surface area contributed by atoms with E-state index in [0.29, 0.717) is 30.9 Å². The van der Waals surface area contributed by atoms with Gasteiger partial charge in [0.1, 0.15) is 0 Å². The zero-order valence-electron chi connectivity index (χ0n) is 11.5. The van der Waals surface area contributed by atoms with E-state index >= 15 is 0 Å². The third-order valence-electron chi connectivity index (χ3n) is 3.75. The highest BCUT2D eigenvalue weighted by Crippen LogP contribution is 2.35. The van der Waals surface area contributed by atoms with Gasteiger partial charge in [0, 0.05) is 43.6 Å². The smallest absolute Gasteiger partial charge is 0.273 e. The molecule has 0 aromatic heterocycles. The number of non-ortho nitro benzene ring substituents is 1. The number of nitro groups is 1. The summed E-state index contributed by atoms with van der Waals surface area (Å²) in [6, 6.07) is 4.52. The van der Waals surface area contributed by atoms with Gasteiger partial charge < -0.3 is 16.0 Å². The average molecular weight is 278 g/mol. The van der Waals surface area contributed by atoms with Crippen molar-refractivity contribution >= 4 is 23.0 Å². The van der Waals surface area contributed by atoms with Gasteiger partial charge in [-0.15, -0.1) is 0 Å². The Bertz CT molecular complexity index is 561. The van der Waals surface area contributed by atoms with Gasteiger partial charge in [0.25, 0.3) is 5.69 Å². The molecule has 2 rings (SSSR count). The molecule has 0 radical (unpaired) electrons. The summed E-state index contributed by atoms with van der Waals surface area (Å²) in [5, 5.41) is 13.5. The molecule has 1 amide bonds. The van der Waals surface area contributed by atoms with E-state index in [2.05, 4.69) is 5.32 Å². The summed E-state index contributed by atoms with van der Waals surface area (Å²) in [4.78, 5) is 24.2. The number of anilines is 2. The lowest BCUT2D eigenvalue weighted by molar-refractivity contribution is -0.384. The molecule has 1 aliphatic rings. The highest BCUT2D eigenvalue weighted by Gasteiger charge is 2.40. The summed E-state index contributed by atoms with van der Waals surface area (Å²) in [7, 11) is 1.61. The van der Waals surface area contributed by atoms with Gasteiger partial charge in [0.05, 0.1) is 10.3 Å². The maximum Gasteiger partial charge on any atom is 0.273 e. The molecule has 1 atom stereocenters. The van der Waals surface area contributed by atoms with E-state index in [1.807, 2.05) is 11.8 Å². The molecule has 1 aliphatic heterocycles. The summed E-state index contributed by atoms with van der Waals surface area (Å²) >= 11 is 0. The van der Waals surface area contributed by atoms with Crippen molar-refractivity contribution in [1.82, 2.24) is 5.32 Å². The van der Waals surface area contributed by atoms with Crippen LogP contribution in [0.5, 0.6) is 0 Å². The number of amides is 1. The first kappa shape index (κ1) is 14.1. The van der Waals surface area contributed by atoms with Crippen molar-refractivity contribution in [3.63, 3.8) is 0 Å². The first-order chi connectivity index (χ1) is 9.35. The number of benzene rings is 1. The van der Waals surface area contributed by atoms with E-state index in [0.717, 1.165) is 0 Å². The molecular weight excluding hydrogens is 260 g/mol. The van der Waals surface area contributed by atoms with Crippen molar-refractivity contribution in [1.29, 1.82) is 0 Å². The van der Waals surface area contributed by atoms with Crippen LogP contribution >= 0.6 is 0 Å². The van der Waals surface area contributed by atoms with Crippen molar-refractivity contribution < 1.29 is 9.72 Å². The van der Waals surface area contributed by atoms with Crippen LogP contribution in [-0.2, 0) is 4.79 Å². The molecule has 1 aromatic rings. The van der Waals surface area contributed by atoms with Crippen LogP contribution in [0.2, 0.25) is 0 Å². The molecule has 20 heavy (non-hydrogen) atoms. The molecule has 0 bridgehead atoms. The van der Waals surface area contributed by atoms with Crippen LogP contribution in [0.25, 0.3) is 0 Å². The van der Waals surface area contributed by atoms with E-state index in [4.69, 9.17) is 5.73 Å². The second kappa shape index (κ2) is 4.99. The predicted octanol–water partition coefficient (Wildman–Crippen LogP) is 1.14. The second-order valence-corrected chi connectivity index (χ2v) is 5.35. The van der Waals surface area contributed by atoms with Crippen LogP contribution < -0.4 is 16.0 Å². The number of nitrogens with one attached hydrogen (secondary N) is 1. The highest BCUT2D eigenvalue weighted by molar-refractivity contribution is 5.83. The first-order valence-electron chi connectivity index (χ1n) is 6.38. The summed E-state index contributed by atoms with van der Waals surface area (Å²) in [6.07, 6.45) is 0.704. The number of rotatable bonds is 3. The Kier molecular flexibility index (Phi) is 3.52. The van der Waals surface area contributed by atoms with Crippen LogP contribution in [-0.4, -0.2) is 31.0 Å². The van der Waals surface area contributed by atoms with E-state index in [1.54, 1.807) is 13.1 Å². The second-order valence-electron chi connectivity index (χ2n) is 5.35. The minimum atomic E-state index is -0.478. The average Bonchev–Trinajstić information content (AvgIpc) is 2.81. The topological polar surface area (TPSA) is 102 Å². The largest absolute Gasteiger partial charge is 0.398 e. The van der Waals surface area contributed by atoms with Gasteiger partial charge in [-0.1, -0.05) is 0 Å². The molecule has 1 aromatic carbocycles. The normalized spacial score (nSPS) is 21.8.